The summed E-state index contributed by atoms with van der Waals surface area (Å²) in [4.78, 5) is 23.1. The van der Waals surface area contributed by atoms with Crippen molar-refractivity contribution in [3.05, 3.63) is 23.8 Å². The number of ether oxygens (including phenoxy) is 1. The number of benzene rings is 1. The topological polar surface area (TPSA) is 81.4 Å². The van der Waals surface area contributed by atoms with Gasteiger partial charge < -0.3 is 15.8 Å². The predicted octanol–water partition coefficient (Wildman–Crippen LogP) is 1.33. The molecule has 1 amide bonds. The molecule has 0 spiro atoms. The number of rotatable bonds is 4. The molecule has 0 fully saturated rings. The van der Waals surface area contributed by atoms with Crippen LogP contribution in [-0.4, -0.2) is 24.3 Å². The van der Waals surface area contributed by atoms with E-state index in [0.29, 0.717) is 29.8 Å². The van der Waals surface area contributed by atoms with Crippen LogP contribution in [0.3, 0.4) is 0 Å². The lowest BCUT2D eigenvalue weighted by molar-refractivity contribution is -0.118. The molecule has 1 aliphatic heterocycles. The molecule has 1 aromatic carbocycles. The maximum atomic E-state index is 11.9. The molecule has 1 aliphatic rings. The van der Waals surface area contributed by atoms with Crippen molar-refractivity contribution in [1.82, 2.24) is 0 Å². The van der Waals surface area contributed by atoms with E-state index in [-0.39, 0.29) is 24.3 Å². The fourth-order valence-electron chi connectivity index (χ4n) is 1.76. The van der Waals surface area contributed by atoms with E-state index in [2.05, 4.69) is 5.32 Å². The first-order chi connectivity index (χ1) is 8.56. The minimum Gasteiger partial charge on any atom is -0.482 e. The highest BCUT2D eigenvalue weighted by Crippen LogP contribution is 2.28. The van der Waals surface area contributed by atoms with Crippen LogP contribution in [0.15, 0.2) is 18.2 Å². The van der Waals surface area contributed by atoms with Gasteiger partial charge in [-0.25, -0.2) is 0 Å². The largest absolute Gasteiger partial charge is 0.482 e. The normalized spacial score (nSPS) is 15.3. The summed E-state index contributed by atoms with van der Waals surface area (Å²) in [5.74, 6) is 0.413. The molecule has 0 bridgehead atoms. The van der Waals surface area contributed by atoms with Crippen LogP contribution in [0.2, 0.25) is 0 Å². The van der Waals surface area contributed by atoms with Gasteiger partial charge in [0.2, 0.25) is 0 Å². The van der Waals surface area contributed by atoms with E-state index in [9.17, 15) is 9.59 Å². The number of carbonyl (C=O) groups excluding carboxylic acids is 2. The van der Waals surface area contributed by atoms with Gasteiger partial charge in [0.1, 0.15) is 5.75 Å². The number of Topliss-reactive ketones (excluding diaryl/α,β-unsaturated/α-hetero) is 1. The van der Waals surface area contributed by atoms with Crippen LogP contribution in [0.5, 0.6) is 5.75 Å². The molecule has 0 saturated heterocycles. The summed E-state index contributed by atoms with van der Waals surface area (Å²) in [6.07, 6.45) is 1.06. The maximum absolute atomic E-state index is 11.9. The van der Waals surface area contributed by atoms with Crippen molar-refractivity contribution in [2.24, 2.45) is 5.73 Å². The zero-order valence-electron chi connectivity index (χ0n) is 10.2. The summed E-state index contributed by atoms with van der Waals surface area (Å²) in [6, 6.07) is 5.07. The second kappa shape index (κ2) is 5.18. The Morgan fingerprint density at radius 2 is 2.33 bits per heavy atom. The molecular formula is C13H16N2O3. The van der Waals surface area contributed by atoms with Crippen molar-refractivity contribution < 1.29 is 14.3 Å². The van der Waals surface area contributed by atoms with Crippen molar-refractivity contribution in [2.45, 2.75) is 25.8 Å². The molecule has 0 aliphatic carbocycles. The highest BCUT2D eigenvalue weighted by Gasteiger charge is 2.17. The van der Waals surface area contributed by atoms with Crippen LogP contribution in [0.1, 0.15) is 30.1 Å². The SMILES string of the molecule is CC(N)CCC(=O)c1ccc2c(c1)NC(=O)CO2. The van der Waals surface area contributed by atoms with Crippen LogP contribution in [0.25, 0.3) is 0 Å². The van der Waals surface area contributed by atoms with E-state index in [0.717, 1.165) is 0 Å². The van der Waals surface area contributed by atoms with Crippen LogP contribution in [-0.2, 0) is 4.79 Å². The Hall–Kier alpha value is -1.88. The van der Waals surface area contributed by atoms with Crippen molar-refractivity contribution in [3.63, 3.8) is 0 Å². The van der Waals surface area contributed by atoms with Gasteiger partial charge in [0.15, 0.2) is 12.4 Å². The van der Waals surface area contributed by atoms with Crippen molar-refractivity contribution in [1.29, 1.82) is 0 Å². The number of amides is 1. The third-order valence-corrected chi connectivity index (χ3v) is 2.76. The number of nitrogens with one attached hydrogen (secondary N) is 1. The lowest BCUT2D eigenvalue weighted by Crippen LogP contribution is -2.25. The lowest BCUT2D eigenvalue weighted by Gasteiger charge is -2.18. The van der Waals surface area contributed by atoms with Gasteiger partial charge in [0.05, 0.1) is 5.69 Å². The molecule has 0 radical (unpaired) electrons. The number of anilines is 1. The van der Waals surface area contributed by atoms with Gasteiger partial charge in [0, 0.05) is 18.0 Å². The summed E-state index contributed by atoms with van der Waals surface area (Å²) in [7, 11) is 0. The lowest BCUT2D eigenvalue weighted by atomic mass is 10.0. The predicted molar refractivity (Wildman–Crippen MR) is 67.8 cm³/mol. The van der Waals surface area contributed by atoms with Gasteiger partial charge in [-0.1, -0.05) is 0 Å². The molecule has 5 nitrogen and oxygen atoms in total. The second-order valence-corrected chi connectivity index (χ2v) is 4.49. The smallest absolute Gasteiger partial charge is 0.262 e. The number of carbonyl (C=O) groups is 2. The highest BCUT2D eigenvalue weighted by atomic mass is 16.5. The monoisotopic (exact) mass is 248 g/mol. The van der Waals surface area contributed by atoms with Gasteiger partial charge in [-0.05, 0) is 31.5 Å². The number of ketones is 1. The van der Waals surface area contributed by atoms with Crippen molar-refractivity contribution in [3.8, 4) is 5.75 Å². The van der Waals surface area contributed by atoms with Gasteiger partial charge in [-0.2, -0.15) is 0 Å². The Morgan fingerprint density at radius 1 is 1.56 bits per heavy atom. The van der Waals surface area contributed by atoms with E-state index in [4.69, 9.17) is 10.5 Å². The molecule has 1 heterocycles. The summed E-state index contributed by atoms with van der Waals surface area (Å²) < 4.78 is 5.23. The Kier molecular flexibility index (Phi) is 3.62. The van der Waals surface area contributed by atoms with E-state index >= 15 is 0 Å². The molecule has 0 aromatic heterocycles. The Labute approximate surface area is 105 Å². The van der Waals surface area contributed by atoms with Crippen LogP contribution in [0, 0.1) is 0 Å². The Balaban J connectivity index is 2.13. The highest BCUT2D eigenvalue weighted by molar-refractivity contribution is 6.00. The third-order valence-electron chi connectivity index (χ3n) is 2.76. The van der Waals surface area contributed by atoms with E-state index < -0.39 is 0 Å². The van der Waals surface area contributed by atoms with Gasteiger partial charge >= 0.3 is 0 Å². The molecule has 3 N–H and O–H groups in total. The molecule has 0 saturated carbocycles. The standard InChI is InChI=1S/C13H16N2O3/c1-8(14)2-4-11(16)9-3-5-12-10(6-9)15-13(17)7-18-12/h3,5-6,8H,2,4,7,14H2,1H3,(H,15,17). The molecule has 1 unspecified atom stereocenters. The van der Waals surface area contributed by atoms with E-state index in [1.807, 2.05) is 6.92 Å². The zero-order valence-corrected chi connectivity index (χ0v) is 10.2. The zero-order chi connectivity index (χ0) is 13.1. The Morgan fingerprint density at radius 3 is 3.06 bits per heavy atom. The van der Waals surface area contributed by atoms with Gasteiger partial charge in [0.25, 0.3) is 5.91 Å². The fraction of sp³-hybridized carbons (Fsp3) is 0.385. The minimum absolute atomic E-state index is 0.00890. The Bertz CT molecular complexity index is 483. The second-order valence-electron chi connectivity index (χ2n) is 4.49. The first-order valence-corrected chi connectivity index (χ1v) is 5.92. The minimum atomic E-state index is -0.206. The number of fused-ring (bicyclic) bond motifs is 1. The number of hydrogen-bond donors (Lipinski definition) is 2. The fourth-order valence-corrected chi connectivity index (χ4v) is 1.76. The summed E-state index contributed by atoms with van der Waals surface area (Å²) >= 11 is 0. The molecular weight excluding hydrogens is 232 g/mol. The number of hydrogen-bond acceptors (Lipinski definition) is 4. The van der Waals surface area contributed by atoms with Crippen LogP contribution in [0.4, 0.5) is 5.69 Å². The first-order valence-electron chi connectivity index (χ1n) is 5.92. The van der Waals surface area contributed by atoms with Crippen molar-refractivity contribution >= 4 is 17.4 Å². The molecule has 2 rings (SSSR count). The van der Waals surface area contributed by atoms with E-state index in [1.165, 1.54) is 0 Å². The summed E-state index contributed by atoms with van der Waals surface area (Å²) in [5, 5.41) is 2.68. The molecule has 5 heteroatoms. The quantitative estimate of drug-likeness (QED) is 0.787. The van der Waals surface area contributed by atoms with Crippen LogP contribution >= 0.6 is 0 Å². The average Bonchev–Trinajstić information content (AvgIpc) is 2.34. The van der Waals surface area contributed by atoms with E-state index in [1.54, 1.807) is 18.2 Å². The van der Waals surface area contributed by atoms with Gasteiger partial charge in [-0.15, -0.1) is 0 Å². The molecule has 1 aromatic rings. The van der Waals surface area contributed by atoms with Crippen molar-refractivity contribution in [2.75, 3.05) is 11.9 Å². The number of nitrogens with two attached hydrogens (primary N) is 1. The molecule has 96 valence electrons. The average molecular weight is 248 g/mol. The summed E-state index contributed by atoms with van der Waals surface area (Å²) in [5.41, 5.74) is 6.74. The first kappa shape index (κ1) is 12.6. The molecule has 18 heavy (non-hydrogen) atoms. The van der Waals surface area contributed by atoms with Gasteiger partial charge in [-0.3, -0.25) is 9.59 Å². The summed E-state index contributed by atoms with van der Waals surface area (Å²) in [6.45, 7) is 1.89. The van der Waals surface area contributed by atoms with Crippen LogP contribution < -0.4 is 15.8 Å². The third kappa shape index (κ3) is 2.87. The molecule has 1 atom stereocenters. The maximum Gasteiger partial charge on any atom is 0.262 e.